The number of aliphatic carboxylic acids is 1. The number of amides is 3. The predicted molar refractivity (Wildman–Crippen MR) is 238 cm³/mol. The number of hydrogen-bond donors (Lipinski definition) is 7. The number of nitrogens with zero attached hydrogens (tertiary/aromatic N) is 2. The highest BCUT2D eigenvalue weighted by Crippen LogP contribution is 2.42. The highest BCUT2D eigenvalue weighted by atomic mass is 19.3. The van der Waals surface area contributed by atoms with Crippen molar-refractivity contribution in [1.82, 2.24) is 31.1 Å². The molecule has 366 valence electrons. The van der Waals surface area contributed by atoms with Crippen molar-refractivity contribution in [2.24, 2.45) is 11.8 Å². The van der Waals surface area contributed by atoms with E-state index in [4.69, 9.17) is 14.6 Å². The number of carbonyl (C=O) groups is 4. The van der Waals surface area contributed by atoms with Crippen LogP contribution in [0.3, 0.4) is 0 Å². The van der Waals surface area contributed by atoms with E-state index < -0.39 is 59.2 Å². The summed E-state index contributed by atoms with van der Waals surface area (Å²) in [6.45, 7) is 7.21. The van der Waals surface area contributed by atoms with Crippen LogP contribution in [0.5, 0.6) is 0 Å². The van der Waals surface area contributed by atoms with Gasteiger partial charge in [-0.25, -0.2) is 14.2 Å². The van der Waals surface area contributed by atoms with Gasteiger partial charge >= 0.3 is 17.8 Å². The molecule has 3 unspecified atom stereocenters. The van der Waals surface area contributed by atoms with Gasteiger partial charge in [0.2, 0.25) is 17.6 Å². The van der Waals surface area contributed by atoms with Crippen molar-refractivity contribution < 1.29 is 60.8 Å². The molecule has 4 aromatic rings. The number of nitrogens with one attached hydrogen (secondary N) is 5. The number of rotatable bonds is 17. The van der Waals surface area contributed by atoms with E-state index >= 15 is 4.39 Å². The van der Waals surface area contributed by atoms with Crippen LogP contribution < -0.4 is 21.3 Å². The zero-order chi connectivity index (χ0) is 49.0. The number of aliphatic hydroxyl groups excluding tert-OH is 1. The monoisotopic (exact) mass is 953 g/mol. The Balaban J connectivity index is 1.01. The molecule has 3 fully saturated rings. The Bertz CT molecular complexity index is 2420. The number of carbonyl (C=O) groups excluding carboxylic acids is 3. The Hall–Kier alpha value is -5.83. The quantitative estimate of drug-likeness (QED) is 0.0551. The number of carboxylic acid groups (broad SMARTS) is 1. The molecule has 1 saturated heterocycles. The minimum Gasteiger partial charge on any atom is -0.477 e. The third-order valence-corrected chi connectivity index (χ3v) is 12.6. The van der Waals surface area contributed by atoms with Crippen molar-refractivity contribution in [1.29, 1.82) is 0 Å². The first kappa shape index (κ1) is 50.1. The molecule has 2 heterocycles. The highest BCUT2D eigenvalue weighted by Gasteiger charge is 2.65. The maximum absolute atomic E-state index is 15.3. The second kappa shape index (κ2) is 20.8. The number of carboxylic acids is 1. The zero-order valence-electron chi connectivity index (χ0n) is 37.8. The molecule has 7 N–H and O–H groups in total. The van der Waals surface area contributed by atoms with Gasteiger partial charge in [-0.3, -0.25) is 19.5 Å². The second-order valence-corrected chi connectivity index (χ2v) is 18.8. The minimum atomic E-state index is -5.46. The number of alkyl halides is 4. The summed E-state index contributed by atoms with van der Waals surface area (Å²) < 4.78 is 83.1. The number of hydrogen-bond acceptors (Lipinski definition) is 10. The van der Waals surface area contributed by atoms with E-state index in [0.717, 1.165) is 19.4 Å². The van der Waals surface area contributed by atoms with Gasteiger partial charge in [0, 0.05) is 29.6 Å². The van der Waals surface area contributed by atoms with Crippen LogP contribution in [-0.2, 0) is 36.2 Å². The number of H-pyrrole nitrogens is 1. The Morgan fingerprint density at radius 3 is 2.12 bits per heavy atom. The van der Waals surface area contributed by atoms with Crippen LogP contribution in [0.1, 0.15) is 93.9 Å². The zero-order valence-corrected chi connectivity index (χ0v) is 37.8. The molecule has 7 rings (SSSR count). The average Bonchev–Trinajstić information content (AvgIpc) is 3.80. The van der Waals surface area contributed by atoms with Gasteiger partial charge in [-0.2, -0.15) is 22.7 Å². The summed E-state index contributed by atoms with van der Waals surface area (Å²) in [5, 5.41) is 35.7. The summed E-state index contributed by atoms with van der Waals surface area (Å²) in [7, 11) is 0. The fourth-order valence-corrected chi connectivity index (χ4v) is 8.51. The number of benzene rings is 3. The number of anilines is 1. The van der Waals surface area contributed by atoms with Gasteiger partial charge in [0.05, 0.1) is 29.9 Å². The first-order chi connectivity index (χ1) is 32.2. The van der Waals surface area contributed by atoms with Gasteiger partial charge in [0.1, 0.15) is 11.9 Å². The van der Waals surface area contributed by atoms with Gasteiger partial charge in [-0.1, -0.05) is 30.3 Å². The molecule has 3 aliphatic rings. The summed E-state index contributed by atoms with van der Waals surface area (Å²) in [5.74, 6) is -17.9. The van der Waals surface area contributed by atoms with Crippen LogP contribution in [0, 0.1) is 17.7 Å². The number of aromatic nitrogens is 3. The van der Waals surface area contributed by atoms with Crippen LogP contribution in [0.2, 0.25) is 0 Å². The van der Waals surface area contributed by atoms with Crippen LogP contribution in [-0.4, -0.2) is 104 Å². The number of ether oxygens (including phenoxy) is 2. The number of aromatic amines is 1. The lowest BCUT2D eigenvalue weighted by molar-refractivity contribution is -0.272. The maximum Gasteiger partial charge on any atom is 0.411 e. The molecule has 1 aliphatic heterocycles. The Morgan fingerprint density at radius 1 is 0.868 bits per heavy atom. The average molecular weight is 954 g/mol. The standard InChI is InChI=1S/C48H56F5N7O8/c1-46(2,3)68-43-38(25-67-43)54-24-27-6-10-30(11-7-27)40(62)57-37(42(64)56-32-15-12-29(13-16-32)39-58-44(60-59-39)47(50,51)48(52,53)45(65)66)22-26-4-8-28(9-5-26)31-14-21-35(36(49)23-31)41(63)55-33-17-19-34(61)20-18-33/h4-5,8-9,12-16,21,23,27,30,33-34,37-38,43,54,61H,6-7,10-11,17-20,22,24-25H2,1-3H3,(H,55,63)(H,56,64)(H,57,62)(H,65,66)(H,58,59,60). The SMILES string of the molecule is CC(C)(C)OC1OCC1NCC1CCC(C(=O)NC(Cc2ccc(-c3ccc(C(=O)NC4CCC(O)CC4)c(F)c3)cc2)C(=O)Nc2ccc(-c3n[nH]c(C(F)(F)C(F)(F)C(=O)O)n3)cc2)CC1. The molecule has 3 atom stereocenters. The maximum atomic E-state index is 15.3. The van der Waals surface area contributed by atoms with Crippen molar-refractivity contribution in [3.8, 4) is 22.5 Å². The molecule has 2 aliphatic carbocycles. The third-order valence-electron chi connectivity index (χ3n) is 12.6. The van der Waals surface area contributed by atoms with Crippen molar-refractivity contribution >= 4 is 29.4 Å². The summed E-state index contributed by atoms with van der Waals surface area (Å²) in [5.41, 5.74) is 1.67. The lowest BCUT2D eigenvalue weighted by Gasteiger charge is -2.41. The van der Waals surface area contributed by atoms with Gasteiger partial charge in [0.25, 0.3) is 5.91 Å². The normalized spacial score (nSPS) is 22.7. The van der Waals surface area contributed by atoms with Gasteiger partial charge < -0.3 is 41.0 Å². The van der Waals surface area contributed by atoms with Crippen LogP contribution in [0.25, 0.3) is 22.5 Å². The molecule has 1 aromatic heterocycles. The summed E-state index contributed by atoms with van der Waals surface area (Å²) in [4.78, 5) is 54.9. The Morgan fingerprint density at radius 2 is 1.51 bits per heavy atom. The predicted octanol–water partition coefficient (Wildman–Crippen LogP) is 6.72. The molecule has 0 bridgehead atoms. The fraction of sp³-hybridized carbons (Fsp3) is 0.500. The lowest BCUT2D eigenvalue weighted by Crippen LogP contribution is -2.58. The van der Waals surface area contributed by atoms with Crippen molar-refractivity contribution in [3.63, 3.8) is 0 Å². The van der Waals surface area contributed by atoms with Crippen molar-refractivity contribution in [2.45, 2.75) is 127 Å². The fourth-order valence-electron chi connectivity index (χ4n) is 8.51. The highest BCUT2D eigenvalue weighted by molar-refractivity contribution is 5.98. The van der Waals surface area contributed by atoms with Gasteiger partial charge in [-0.15, -0.1) is 0 Å². The molecule has 20 heteroatoms. The molecule has 68 heavy (non-hydrogen) atoms. The van der Waals surface area contributed by atoms with E-state index in [0.29, 0.717) is 67.7 Å². The van der Waals surface area contributed by atoms with E-state index in [1.165, 1.54) is 36.4 Å². The van der Waals surface area contributed by atoms with Crippen LogP contribution in [0.4, 0.5) is 27.6 Å². The van der Waals surface area contributed by atoms with Crippen molar-refractivity contribution in [3.05, 3.63) is 89.5 Å². The van der Waals surface area contributed by atoms with Gasteiger partial charge in [-0.05, 0) is 138 Å². The molecule has 0 spiro atoms. The van der Waals surface area contributed by atoms with E-state index in [9.17, 15) is 41.8 Å². The summed E-state index contributed by atoms with van der Waals surface area (Å²) >= 11 is 0. The topological polar surface area (TPSA) is 217 Å². The molecule has 0 radical (unpaired) electrons. The minimum absolute atomic E-state index is 0.0529. The first-order valence-electron chi connectivity index (χ1n) is 22.7. The van der Waals surface area contributed by atoms with Crippen molar-refractivity contribution in [2.75, 3.05) is 18.5 Å². The smallest absolute Gasteiger partial charge is 0.411 e. The number of halogens is 5. The van der Waals surface area contributed by atoms with Crippen LogP contribution >= 0.6 is 0 Å². The number of aliphatic hydroxyl groups is 1. The first-order valence-corrected chi connectivity index (χ1v) is 22.7. The van der Waals surface area contributed by atoms with Crippen LogP contribution in [0.15, 0.2) is 66.7 Å². The molecule has 2 saturated carbocycles. The summed E-state index contributed by atoms with van der Waals surface area (Å²) in [6.07, 6.45) is 4.49. The Labute approximate surface area is 389 Å². The third kappa shape index (κ3) is 12.1. The second-order valence-electron chi connectivity index (χ2n) is 18.8. The molecule has 3 aromatic carbocycles. The largest absolute Gasteiger partial charge is 0.477 e. The molecular formula is C48H56F5N7O8. The van der Waals surface area contributed by atoms with E-state index in [1.54, 1.807) is 35.4 Å². The molecule has 15 nitrogen and oxygen atoms in total. The molecule has 3 amide bonds. The van der Waals surface area contributed by atoms with E-state index in [-0.39, 0.29) is 59.0 Å². The lowest BCUT2D eigenvalue weighted by atomic mass is 9.81. The Kier molecular flexibility index (Phi) is 15.3. The van der Waals surface area contributed by atoms with E-state index in [2.05, 4.69) is 31.3 Å². The summed E-state index contributed by atoms with van der Waals surface area (Å²) in [6, 6.07) is 15.6. The molecular weight excluding hydrogens is 898 g/mol. The van der Waals surface area contributed by atoms with E-state index in [1.807, 2.05) is 20.8 Å². The van der Waals surface area contributed by atoms with Gasteiger partial charge in [0.15, 0.2) is 12.1 Å².